The lowest BCUT2D eigenvalue weighted by Crippen LogP contribution is -2.41. The van der Waals surface area contributed by atoms with Gasteiger partial charge in [-0.2, -0.15) is 5.21 Å². The highest BCUT2D eigenvalue weighted by molar-refractivity contribution is 6.04. The lowest BCUT2D eigenvalue weighted by molar-refractivity contribution is -0.274. The summed E-state index contributed by atoms with van der Waals surface area (Å²) in [7, 11) is 0. The van der Waals surface area contributed by atoms with Gasteiger partial charge in [0.2, 0.25) is 0 Å². The minimum absolute atomic E-state index is 0.0144. The minimum atomic E-state index is -4.87. The van der Waals surface area contributed by atoms with Gasteiger partial charge in [-0.1, -0.05) is 60.8 Å². The molecule has 1 fully saturated rings. The minimum Gasteiger partial charge on any atom is -0.406 e. The highest BCUT2D eigenvalue weighted by atomic mass is 19.4. The van der Waals surface area contributed by atoms with Gasteiger partial charge in [-0.15, -0.1) is 18.3 Å². The van der Waals surface area contributed by atoms with Gasteiger partial charge in [0, 0.05) is 11.1 Å². The summed E-state index contributed by atoms with van der Waals surface area (Å²) in [6.07, 6.45) is 1.00. The molecule has 11 nitrogen and oxygen atoms in total. The Morgan fingerprint density at radius 3 is 2.00 bits per heavy atom. The molecule has 4 amide bonds. The fraction of sp³-hybridized carbons (Fsp3) is 0.267. The average molecular weight is 608 g/mol. The molecule has 1 atom stereocenters. The van der Waals surface area contributed by atoms with Crippen LogP contribution in [-0.4, -0.2) is 44.8 Å². The second-order valence-electron chi connectivity index (χ2n) is 10.2. The Morgan fingerprint density at radius 1 is 0.818 bits per heavy atom. The number of hydrogen-bond acceptors (Lipinski definition) is 7. The van der Waals surface area contributed by atoms with Crippen LogP contribution < -0.4 is 20.7 Å². The van der Waals surface area contributed by atoms with Crippen LogP contribution in [0.25, 0.3) is 0 Å². The number of benzene rings is 3. The Bertz CT molecular complexity index is 1570. The molecule has 228 valence electrons. The monoisotopic (exact) mass is 607 g/mol. The Labute approximate surface area is 249 Å². The number of aromatic amines is 1. The predicted octanol–water partition coefficient (Wildman–Crippen LogP) is 5.63. The first-order chi connectivity index (χ1) is 21.1. The van der Waals surface area contributed by atoms with E-state index in [4.69, 9.17) is 0 Å². The number of halogens is 3. The van der Waals surface area contributed by atoms with Crippen LogP contribution in [0.5, 0.6) is 5.75 Å². The molecule has 0 aliphatic heterocycles. The lowest BCUT2D eigenvalue weighted by Gasteiger charge is -2.24. The summed E-state index contributed by atoms with van der Waals surface area (Å²) >= 11 is 0. The molecule has 1 unspecified atom stereocenters. The van der Waals surface area contributed by atoms with Crippen molar-refractivity contribution in [3.63, 3.8) is 0 Å². The molecule has 1 aliphatic rings. The molecule has 0 spiro atoms. The van der Waals surface area contributed by atoms with Crippen molar-refractivity contribution < 1.29 is 32.3 Å². The molecule has 1 aliphatic carbocycles. The van der Waals surface area contributed by atoms with Gasteiger partial charge in [0.25, 0.3) is 17.8 Å². The number of tetrazole rings is 1. The molecular formula is C30H28F3N7O4. The van der Waals surface area contributed by atoms with Gasteiger partial charge >= 0.3 is 12.4 Å². The fourth-order valence-electron chi connectivity index (χ4n) is 5.12. The van der Waals surface area contributed by atoms with Crippen molar-refractivity contribution in [1.82, 2.24) is 31.3 Å². The zero-order chi connectivity index (χ0) is 31.1. The zero-order valence-corrected chi connectivity index (χ0v) is 23.2. The van der Waals surface area contributed by atoms with Crippen LogP contribution >= 0.6 is 0 Å². The number of alkyl halides is 3. The topological polar surface area (TPSA) is 151 Å². The average Bonchev–Trinajstić information content (AvgIpc) is 3.53. The van der Waals surface area contributed by atoms with E-state index in [1.807, 2.05) is 24.3 Å². The third-order valence-electron chi connectivity index (χ3n) is 7.28. The number of carbonyl (C=O) groups is 3. The first-order valence-electron chi connectivity index (χ1n) is 13.9. The third-order valence-corrected chi connectivity index (χ3v) is 7.28. The molecule has 4 aromatic rings. The first kappa shape index (κ1) is 30.2. The summed E-state index contributed by atoms with van der Waals surface area (Å²) in [6, 6.07) is 17.1. The third kappa shape index (κ3) is 7.96. The van der Waals surface area contributed by atoms with Crippen LogP contribution in [0, 0.1) is 0 Å². The number of anilines is 1. The van der Waals surface area contributed by atoms with E-state index < -0.39 is 36.0 Å². The molecule has 44 heavy (non-hydrogen) atoms. The maximum atomic E-state index is 13.0. The lowest BCUT2D eigenvalue weighted by atomic mass is 9.83. The molecule has 1 saturated carbocycles. The second-order valence-corrected chi connectivity index (χ2v) is 10.2. The molecule has 0 radical (unpaired) electrons. The van der Waals surface area contributed by atoms with E-state index in [1.165, 1.54) is 24.8 Å². The number of aromatic nitrogens is 4. The highest BCUT2D eigenvalue weighted by Crippen LogP contribution is 2.33. The fourth-order valence-corrected chi connectivity index (χ4v) is 5.12. The van der Waals surface area contributed by atoms with Gasteiger partial charge in [-0.25, -0.2) is 4.79 Å². The van der Waals surface area contributed by atoms with Crippen LogP contribution in [-0.2, 0) is 0 Å². The summed E-state index contributed by atoms with van der Waals surface area (Å²) in [4.78, 5) is 38.2. The van der Waals surface area contributed by atoms with Gasteiger partial charge < -0.3 is 10.1 Å². The number of hydrogen-bond donors (Lipinski definition) is 4. The van der Waals surface area contributed by atoms with Gasteiger partial charge in [0.15, 0.2) is 0 Å². The Morgan fingerprint density at radius 2 is 1.41 bits per heavy atom. The maximum absolute atomic E-state index is 13.0. The number of H-pyrrole nitrogens is 1. The van der Waals surface area contributed by atoms with Crippen molar-refractivity contribution in [3.8, 4) is 5.75 Å². The van der Waals surface area contributed by atoms with Gasteiger partial charge in [0.1, 0.15) is 5.75 Å². The number of nitrogens with zero attached hydrogens (tertiary/aromatic N) is 3. The van der Waals surface area contributed by atoms with Crippen LogP contribution in [0.1, 0.15) is 81.5 Å². The van der Waals surface area contributed by atoms with E-state index in [-0.39, 0.29) is 11.5 Å². The SMILES string of the molecule is O=C(NC(=O)c1ccc(OC(F)(F)F)cc1)NC(c1ccc(C(=O)Nc2nn[nH]n2)cc1)c1ccc(C2CCCCC2)cc1. The van der Waals surface area contributed by atoms with Gasteiger partial charge in [-0.05, 0) is 77.1 Å². The van der Waals surface area contributed by atoms with Crippen molar-refractivity contribution >= 4 is 23.8 Å². The van der Waals surface area contributed by atoms with E-state index in [2.05, 4.69) is 41.3 Å². The summed E-state index contributed by atoms with van der Waals surface area (Å²) in [5, 5.41) is 20.5. The molecule has 4 N–H and O–H groups in total. The summed E-state index contributed by atoms with van der Waals surface area (Å²) in [6.45, 7) is 0. The van der Waals surface area contributed by atoms with E-state index in [9.17, 15) is 27.6 Å². The van der Waals surface area contributed by atoms with E-state index >= 15 is 0 Å². The van der Waals surface area contributed by atoms with Crippen molar-refractivity contribution in [2.24, 2.45) is 0 Å². The number of amides is 4. The summed E-state index contributed by atoms with van der Waals surface area (Å²) in [5.41, 5.74) is 2.86. The van der Waals surface area contributed by atoms with Crippen molar-refractivity contribution in [3.05, 3.63) is 101 Å². The Kier molecular flexibility index (Phi) is 9.17. The van der Waals surface area contributed by atoms with Crippen molar-refractivity contribution in [1.29, 1.82) is 0 Å². The molecule has 0 bridgehead atoms. The Hall–Kier alpha value is -5.27. The normalized spacial score (nSPS) is 14.3. The van der Waals surface area contributed by atoms with Crippen molar-refractivity contribution in [2.45, 2.75) is 50.4 Å². The number of urea groups is 1. The van der Waals surface area contributed by atoms with Crippen LogP contribution in [0.4, 0.5) is 23.9 Å². The quantitative estimate of drug-likeness (QED) is 0.203. The smallest absolute Gasteiger partial charge is 0.406 e. The standard InChI is InChI=1S/C30H28F3N7O4/c31-30(32,33)44-24-16-14-23(15-17-24)27(42)36-29(43)34-25(20-8-6-19(7-9-20)18-4-2-1-3-5-18)21-10-12-22(13-11-21)26(41)35-28-37-39-40-38-28/h6-18,25H,1-5H2,(H2,34,36,42,43)(H2,35,37,38,39,40,41). The first-order valence-corrected chi connectivity index (χ1v) is 13.9. The molecule has 0 saturated heterocycles. The number of nitrogens with one attached hydrogen (secondary N) is 4. The molecular weight excluding hydrogens is 579 g/mol. The molecule has 1 aromatic heterocycles. The van der Waals surface area contributed by atoms with Crippen molar-refractivity contribution in [2.75, 3.05) is 5.32 Å². The van der Waals surface area contributed by atoms with Gasteiger partial charge in [-0.3, -0.25) is 20.2 Å². The largest absolute Gasteiger partial charge is 0.573 e. The molecule has 5 rings (SSSR count). The van der Waals surface area contributed by atoms with E-state index in [0.29, 0.717) is 17.0 Å². The number of imide groups is 1. The van der Waals surface area contributed by atoms with Crippen LogP contribution in [0.2, 0.25) is 0 Å². The summed E-state index contributed by atoms with van der Waals surface area (Å²) in [5.74, 6) is -1.28. The van der Waals surface area contributed by atoms with Crippen LogP contribution in [0.3, 0.4) is 0 Å². The molecule has 14 heteroatoms. The maximum Gasteiger partial charge on any atom is 0.573 e. The van der Waals surface area contributed by atoms with E-state index in [1.54, 1.807) is 24.3 Å². The number of rotatable bonds is 8. The van der Waals surface area contributed by atoms with Crippen LogP contribution in [0.15, 0.2) is 72.8 Å². The number of ether oxygens (including phenoxy) is 1. The van der Waals surface area contributed by atoms with E-state index in [0.717, 1.165) is 42.7 Å². The predicted molar refractivity (Wildman–Crippen MR) is 152 cm³/mol. The highest BCUT2D eigenvalue weighted by Gasteiger charge is 2.31. The number of carbonyl (C=O) groups excluding carboxylic acids is 3. The Balaban J connectivity index is 1.32. The van der Waals surface area contributed by atoms with Gasteiger partial charge in [0.05, 0.1) is 6.04 Å². The molecule has 3 aromatic carbocycles. The second kappa shape index (κ2) is 13.4. The zero-order valence-electron chi connectivity index (χ0n) is 23.2. The summed E-state index contributed by atoms with van der Waals surface area (Å²) < 4.78 is 41.2. The molecule has 1 heterocycles.